The Morgan fingerprint density at radius 2 is 2.00 bits per heavy atom. The van der Waals surface area contributed by atoms with Crippen LogP contribution in [-0.4, -0.2) is 43.5 Å². The van der Waals surface area contributed by atoms with Gasteiger partial charge in [-0.15, -0.1) is 0 Å². The Morgan fingerprint density at radius 3 is 2.71 bits per heavy atom. The highest BCUT2D eigenvalue weighted by Crippen LogP contribution is 2.30. The zero-order valence-electron chi connectivity index (χ0n) is 19.1. The number of hydrogen-bond acceptors (Lipinski definition) is 5. The Kier molecular flexibility index (Phi) is 7.28. The van der Waals surface area contributed by atoms with Crippen molar-refractivity contribution in [2.75, 3.05) is 31.0 Å². The Balaban J connectivity index is 1.33. The number of hydrogen-bond donors (Lipinski definition) is 4. The first-order chi connectivity index (χ1) is 16.5. The van der Waals surface area contributed by atoms with E-state index < -0.39 is 12.1 Å². The molecule has 1 aliphatic rings. The first kappa shape index (κ1) is 23.1. The number of rotatable bonds is 7. The number of benzene rings is 2. The van der Waals surface area contributed by atoms with E-state index in [9.17, 15) is 9.59 Å². The van der Waals surface area contributed by atoms with Crippen LogP contribution in [0.1, 0.15) is 12.0 Å². The second-order valence-corrected chi connectivity index (χ2v) is 7.88. The van der Waals surface area contributed by atoms with E-state index in [0.717, 1.165) is 16.8 Å². The first-order valence-electron chi connectivity index (χ1n) is 10.9. The minimum absolute atomic E-state index is 0.199. The maximum atomic E-state index is 12.5. The van der Waals surface area contributed by atoms with Gasteiger partial charge < -0.3 is 30.2 Å². The molecule has 10 heteroatoms. The molecule has 1 aromatic heterocycles. The van der Waals surface area contributed by atoms with Crippen molar-refractivity contribution in [1.82, 2.24) is 10.3 Å². The van der Waals surface area contributed by atoms with Crippen LogP contribution in [0.3, 0.4) is 0 Å². The number of urea groups is 1. The van der Waals surface area contributed by atoms with E-state index >= 15 is 0 Å². The highest BCUT2D eigenvalue weighted by Gasteiger charge is 2.19. The van der Waals surface area contributed by atoms with Crippen LogP contribution in [0.2, 0.25) is 0 Å². The molecule has 3 amide bonds. The van der Waals surface area contributed by atoms with Gasteiger partial charge in [0.15, 0.2) is 5.69 Å². The van der Waals surface area contributed by atoms with Gasteiger partial charge in [0, 0.05) is 30.4 Å². The molecule has 0 spiro atoms. The van der Waals surface area contributed by atoms with E-state index in [-0.39, 0.29) is 12.6 Å². The number of H-pyrrole nitrogens is 1. The lowest BCUT2D eigenvalue weighted by molar-refractivity contribution is -0.659. The van der Waals surface area contributed by atoms with Crippen molar-refractivity contribution >= 4 is 23.5 Å². The Labute approximate surface area is 197 Å². The molecule has 3 aromatic rings. The number of amides is 3. The predicted octanol–water partition coefficient (Wildman–Crippen LogP) is 3.17. The van der Waals surface area contributed by atoms with Crippen LogP contribution < -0.4 is 25.3 Å². The topological polar surface area (TPSA) is 118 Å². The molecule has 0 aliphatic carbocycles. The van der Waals surface area contributed by atoms with Gasteiger partial charge in [0.2, 0.25) is 6.33 Å². The van der Waals surface area contributed by atoms with Gasteiger partial charge in [0.05, 0.1) is 32.9 Å². The summed E-state index contributed by atoms with van der Waals surface area (Å²) in [5, 5.41) is 8.34. The third-order valence-corrected chi connectivity index (χ3v) is 5.39. The highest BCUT2D eigenvalue weighted by molar-refractivity contribution is 6.00. The van der Waals surface area contributed by atoms with Crippen LogP contribution in [0.5, 0.6) is 5.75 Å². The van der Waals surface area contributed by atoms with Crippen molar-refractivity contribution in [1.29, 1.82) is 0 Å². The van der Waals surface area contributed by atoms with Crippen LogP contribution in [-0.2, 0) is 23.1 Å². The van der Waals surface area contributed by atoms with Crippen molar-refractivity contribution in [3.05, 3.63) is 60.6 Å². The van der Waals surface area contributed by atoms with E-state index in [1.165, 1.54) is 0 Å². The average Bonchev–Trinajstić information content (AvgIpc) is 3.49. The summed E-state index contributed by atoms with van der Waals surface area (Å²) in [4.78, 5) is 27.5. The van der Waals surface area contributed by atoms with Gasteiger partial charge in [0.25, 0.3) is 0 Å². The number of carbonyl (C=O) groups is 2. The Hall–Kier alpha value is -4.05. The van der Waals surface area contributed by atoms with Gasteiger partial charge in [-0.2, -0.15) is 0 Å². The average molecular weight is 467 g/mol. The van der Waals surface area contributed by atoms with Gasteiger partial charge in [0.1, 0.15) is 18.1 Å². The summed E-state index contributed by atoms with van der Waals surface area (Å²) in [5.74, 6) is 0.636. The largest absolute Gasteiger partial charge is 0.496 e. The van der Waals surface area contributed by atoms with Crippen molar-refractivity contribution in [2.45, 2.75) is 19.1 Å². The van der Waals surface area contributed by atoms with E-state index in [2.05, 4.69) is 20.9 Å². The third-order valence-electron chi connectivity index (χ3n) is 5.39. The predicted molar refractivity (Wildman–Crippen MR) is 126 cm³/mol. The summed E-state index contributed by atoms with van der Waals surface area (Å²) < 4.78 is 17.9. The van der Waals surface area contributed by atoms with Crippen LogP contribution in [0, 0.1) is 0 Å². The fourth-order valence-electron chi connectivity index (χ4n) is 3.67. The lowest BCUT2D eigenvalue weighted by Crippen LogP contribution is -2.28. The normalized spacial score (nSPS) is 14.9. The maximum Gasteiger partial charge on any atom is 0.407 e. The third kappa shape index (κ3) is 5.84. The van der Waals surface area contributed by atoms with Gasteiger partial charge in [-0.1, -0.05) is 12.1 Å². The molecule has 1 atom stereocenters. The van der Waals surface area contributed by atoms with Crippen LogP contribution in [0.4, 0.5) is 21.0 Å². The highest BCUT2D eigenvalue weighted by atomic mass is 16.6. The van der Waals surface area contributed by atoms with E-state index in [1.54, 1.807) is 31.4 Å². The number of anilines is 2. The summed E-state index contributed by atoms with van der Waals surface area (Å²) in [6, 6.07) is 12.3. The molecule has 1 aliphatic heterocycles. The molecule has 0 unspecified atom stereocenters. The van der Waals surface area contributed by atoms with Gasteiger partial charge in [-0.3, -0.25) is 0 Å². The molecule has 0 bridgehead atoms. The molecule has 2 heterocycles. The van der Waals surface area contributed by atoms with Crippen molar-refractivity contribution in [3.8, 4) is 17.0 Å². The molecule has 1 fully saturated rings. The zero-order chi connectivity index (χ0) is 23.9. The van der Waals surface area contributed by atoms with Crippen LogP contribution in [0.25, 0.3) is 11.3 Å². The second kappa shape index (κ2) is 10.7. The Morgan fingerprint density at radius 1 is 1.18 bits per heavy atom. The summed E-state index contributed by atoms with van der Waals surface area (Å²) in [7, 11) is 3.52. The minimum Gasteiger partial charge on any atom is -0.496 e. The SMILES string of the molecule is COc1cc(NC(=O)Nc2cccc(CNC(=O)O[C@H]3CCOC3)c2)ccc1-c1c[nH]c[n+]1C. The van der Waals surface area contributed by atoms with Crippen molar-refractivity contribution < 1.29 is 28.4 Å². The quantitative estimate of drug-likeness (QED) is 0.399. The van der Waals surface area contributed by atoms with Gasteiger partial charge in [-0.05, 0) is 29.8 Å². The van der Waals surface area contributed by atoms with Crippen LogP contribution >= 0.6 is 0 Å². The number of alkyl carbamates (subject to hydrolysis) is 1. The number of ether oxygens (including phenoxy) is 3. The van der Waals surface area contributed by atoms with E-state index in [4.69, 9.17) is 14.2 Å². The summed E-state index contributed by atoms with van der Waals surface area (Å²) in [6.07, 6.45) is 3.74. The fourth-order valence-corrected chi connectivity index (χ4v) is 3.67. The summed E-state index contributed by atoms with van der Waals surface area (Å²) in [6.45, 7) is 1.32. The zero-order valence-corrected chi connectivity index (χ0v) is 19.1. The van der Waals surface area contributed by atoms with Gasteiger partial charge in [-0.25, -0.2) is 19.1 Å². The number of aryl methyl sites for hydroxylation is 1. The number of carbonyl (C=O) groups excluding carboxylic acids is 2. The smallest absolute Gasteiger partial charge is 0.407 e. The van der Waals surface area contributed by atoms with E-state index in [0.29, 0.717) is 36.8 Å². The molecule has 0 radical (unpaired) electrons. The Bertz CT molecular complexity index is 1160. The molecule has 0 saturated carbocycles. The van der Waals surface area contributed by atoms with Crippen LogP contribution in [0.15, 0.2) is 55.0 Å². The number of aromatic amines is 1. The lowest BCUT2D eigenvalue weighted by Gasteiger charge is -2.13. The molecular formula is C24H28N5O5+. The van der Waals surface area contributed by atoms with Crippen molar-refractivity contribution in [3.63, 3.8) is 0 Å². The monoisotopic (exact) mass is 466 g/mol. The van der Waals surface area contributed by atoms with E-state index in [1.807, 2.05) is 42.3 Å². The maximum absolute atomic E-state index is 12.5. The van der Waals surface area contributed by atoms with Gasteiger partial charge >= 0.3 is 12.1 Å². The standard InChI is InChI=1S/C24H27N5O5/c1-29-15-25-13-21(29)20-7-6-18(11-22(20)32-2)28-23(30)27-17-5-3-4-16(10-17)12-26-24(31)34-19-8-9-33-14-19/h3-7,10-11,13,15,19H,8-9,12,14H2,1-2H3,(H3,26,27,28,30,31)/p+1/t19-/m0/s1. The molecule has 2 aromatic carbocycles. The number of aromatic nitrogens is 2. The minimum atomic E-state index is -0.489. The number of nitrogens with one attached hydrogen (secondary N) is 4. The second-order valence-electron chi connectivity index (χ2n) is 7.88. The molecule has 34 heavy (non-hydrogen) atoms. The molecule has 4 rings (SSSR count). The number of methoxy groups -OCH3 is 1. The lowest BCUT2D eigenvalue weighted by atomic mass is 10.1. The first-order valence-corrected chi connectivity index (χ1v) is 10.9. The molecule has 178 valence electrons. The summed E-state index contributed by atoms with van der Waals surface area (Å²) >= 11 is 0. The molecule has 4 N–H and O–H groups in total. The molecular weight excluding hydrogens is 438 g/mol. The molecule has 10 nitrogen and oxygen atoms in total. The molecule has 1 saturated heterocycles. The van der Waals surface area contributed by atoms with Crippen molar-refractivity contribution in [2.24, 2.45) is 7.05 Å². The fraction of sp³-hybridized carbons (Fsp3) is 0.292. The number of imidazole rings is 1. The summed E-state index contributed by atoms with van der Waals surface area (Å²) in [5.41, 5.74) is 3.86. The number of nitrogens with zero attached hydrogens (tertiary/aromatic N) is 1.